The highest BCUT2D eigenvalue weighted by Crippen LogP contribution is 2.19. The van der Waals surface area contributed by atoms with Crippen molar-refractivity contribution >= 4 is 5.90 Å². The summed E-state index contributed by atoms with van der Waals surface area (Å²) in [6.07, 6.45) is 14.6. The van der Waals surface area contributed by atoms with Crippen LogP contribution in [0.1, 0.15) is 96.0 Å². The van der Waals surface area contributed by atoms with Gasteiger partial charge in [-0.2, -0.15) is 0 Å². The molecule has 2 rings (SSSR count). The van der Waals surface area contributed by atoms with Gasteiger partial charge in [0.05, 0.1) is 6.10 Å². The average molecular weight is 404 g/mol. The number of benzene rings is 1. The van der Waals surface area contributed by atoms with Crippen LogP contribution >= 0.6 is 0 Å². The lowest BCUT2D eigenvalue weighted by Gasteiger charge is -2.20. The summed E-state index contributed by atoms with van der Waals surface area (Å²) >= 11 is 0. The molecular weight excluding hydrogens is 362 g/mol. The van der Waals surface area contributed by atoms with Crippen molar-refractivity contribution in [3.8, 4) is 0 Å². The number of rotatable bonds is 16. The van der Waals surface area contributed by atoms with E-state index in [0.717, 1.165) is 18.4 Å². The van der Waals surface area contributed by atoms with Crippen molar-refractivity contribution in [2.45, 2.75) is 109 Å². The molecule has 3 atom stereocenters. The third-order valence-electron chi connectivity index (χ3n) is 5.84. The zero-order valence-electron chi connectivity index (χ0n) is 18.3. The van der Waals surface area contributed by atoms with Crippen LogP contribution in [0.5, 0.6) is 0 Å². The van der Waals surface area contributed by atoms with Crippen molar-refractivity contribution in [2.75, 3.05) is 6.61 Å². The van der Waals surface area contributed by atoms with Gasteiger partial charge in [0.1, 0.15) is 18.8 Å². The van der Waals surface area contributed by atoms with Crippen molar-refractivity contribution in [3.63, 3.8) is 0 Å². The third-order valence-corrected chi connectivity index (χ3v) is 5.84. The molecule has 3 unspecified atom stereocenters. The number of aliphatic hydroxyl groups is 2. The second kappa shape index (κ2) is 14.6. The molecule has 2 N–H and O–H groups in total. The third kappa shape index (κ3) is 9.31. The standard InChI is InChI=1S/C25H41NO3/c1-2-3-4-5-6-7-8-9-10-11-12-16-19-23(27)24(28)22-20-29-25(26-22)21-17-14-13-15-18-21/h13-15,17-18,22-24,27-28H,2-12,16,19-20H2,1H3. The lowest BCUT2D eigenvalue weighted by atomic mass is 10.00. The highest BCUT2D eigenvalue weighted by atomic mass is 16.5. The van der Waals surface area contributed by atoms with Crippen LogP contribution < -0.4 is 0 Å². The molecule has 4 heteroatoms. The Hall–Kier alpha value is -1.39. The normalized spacial score (nSPS) is 18.3. The van der Waals surface area contributed by atoms with E-state index in [1.165, 1.54) is 64.2 Å². The molecule has 4 nitrogen and oxygen atoms in total. The zero-order valence-corrected chi connectivity index (χ0v) is 18.3. The number of aliphatic hydroxyl groups excluding tert-OH is 2. The molecule has 164 valence electrons. The summed E-state index contributed by atoms with van der Waals surface area (Å²) in [5.74, 6) is 0.562. The molecule has 1 aliphatic rings. The fourth-order valence-electron chi connectivity index (χ4n) is 3.92. The van der Waals surface area contributed by atoms with Crippen LogP contribution in [0.3, 0.4) is 0 Å². The first kappa shape index (κ1) is 23.9. The van der Waals surface area contributed by atoms with Gasteiger partial charge >= 0.3 is 0 Å². The molecule has 29 heavy (non-hydrogen) atoms. The predicted octanol–water partition coefficient (Wildman–Crippen LogP) is 5.65. The van der Waals surface area contributed by atoms with Crippen molar-refractivity contribution in [3.05, 3.63) is 35.9 Å². The summed E-state index contributed by atoms with van der Waals surface area (Å²) in [7, 11) is 0. The zero-order chi connectivity index (χ0) is 20.7. The monoisotopic (exact) mass is 403 g/mol. The first-order chi connectivity index (χ1) is 14.2. The van der Waals surface area contributed by atoms with Crippen molar-refractivity contribution in [2.24, 2.45) is 4.99 Å². The maximum atomic E-state index is 10.4. The molecule has 0 fully saturated rings. The minimum absolute atomic E-state index is 0.334. The molecular formula is C25H41NO3. The molecule has 0 radical (unpaired) electrons. The van der Waals surface area contributed by atoms with E-state index in [4.69, 9.17) is 4.74 Å². The van der Waals surface area contributed by atoms with Gasteiger partial charge in [-0.1, -0.05) is 102 Å². The van der Waals surface area contributed by atoms with Crippen LogP contribution in [-0.4, -0.2) is 41.0 Å². The van der Waals surface area contributed by atoms with E-state index in [1.54, 1.807) is 0 Å². The van der Waals surface area contributed by atoms with E-state index < -0.39 is 12.2 Å². The Bertz CT molecular complexity index is 560. The van der Waals surface area contributed by atoms with Gasteiger partial charge in [-0.3, -0.25) is 0 Å². The minimum Gasteiger partial charge on any atom is -0.475 e. The van der Waals surface area contributed by atoms with Crippen LogP contribution in [0.4, 0.5) is 0 Å². The molecule has 0 aromatic heterocycles. The maximum absolute atomic E-state index is 10.4. The Kier molecular flexibility index (Phi) is 12.0. The number of hydrogen-bond donors (Lipinski definition) is 2. The van der Waals surface area contributed by atoms with E-state index in [9.17, 15) is 10.2 Å². The van der Waals surface area contributed by atoms with Crippen LogP contribution in [0.15, 0.2) is 35.3 Å². The average Bonchev–Trinajstić information content (AvgIpc) is 3.24. The predicted molar refractivity (Wildman–Crippen MR) is 120 cm³/mol. The largest absolute Gasteiger partial charge is 0.475 e. The Labute approximate surface area is 177 Å². The molecule has 1 aromatic rings. The minimum atomic E-state index is -0.857. The Balaban J connectivity index is 1.50. The van der Waals surface area contributed by atoms with E-state index in [2.05, 4.69) is 11.9 Å². The Morgan fingerprint density at radius 3 is 2.00 bits per heavy atom. The second-order valence-electron chi connectivity index (χ2n) is 8.41. The highest BCUT2D eigenvalue weighted by Gasteiger charge is 2.31. The van der Waals surface area contributed by atoms with Gasteiger partial charge in [0.2, 0.25) is 5.90 Å². The molecule has 0 saturated carbocycles. The van der Waals surface area contributed by atoms with Crippen LogP contribution in [-0.2, 0) is 4.74 Å². The number of aliphatic imine (C=N–C) groups is 1. The fraction of sp³-hybridized carbons (Fsp3) is 0.720. The maximum Gasteiger partial charge on any atom is 0.216 e. The lowest BCUT2D eigenvalue weighted by Crippen LogP contribution is -2.37. The quantitative estimate of drug-likeness (QED) is 0.351. The molecule has 1 aromatic carbocycles. The number of nitrogens with zero attached hydrogens (tertiary/aromatic N) is 1. The summed E-state index contributed by atoms with van der Waals surface area (Å²) in [6, 6.07) is 9.33. The van der Waals surface area contributed by atoms with Crippen molar-refractivity contribution in [1.82, 2.24) is 0 Å². The molecule has 1 heterocycles. The number of hydrogen-bond acceptors (Lipinski definition) is 4. The van der Waals surface area contributed by atoms with Crippen molar-refractivity contribution in [1.29, 1.82) is 0 Å². The summed E-state index contributed by atoms with van der Waals surface area (Å²) < 4.78 is 5.62. The summed E-state index contributed by atoms with van der Waals surface area (Å²) in [6.45, 7) is 2.60. The van der Waals surface area contributed by atoms with Crippen molar-refractivity contribution < 1.29 is 14.9 Å². The van der Waals surface area contributed by atoms with E-state index in [0.29, 0.717) is 18.9 Å². The van der Waals surface area contributed by atoms with Gasteiger partial charge in [0.15, 0.2) is 0 Å². The summed E-state index contributed by atoms with van der Waals surface area (Å²) in [4.78, 5) is 4.47. The van der Waals surface area contributed by atoms with Gasteiger partial charge in [-0.15, -0.1) is 0 Å². The SMILES string of the molecule is CCCCCCCCCCCCCCC(O)C(O)C1COC(c2ccccc2)=N1. The van der Waals surface area contributed by atoms with Gasteiger partial charge in [0, 0.05) is 5.56 Å². The lowest BCUT2D eigenvalue weighted by molar-refractivity contribution is -0.00517. The van der Waals surface area contributed by atoms with Crippen LogP contribution in [0, 0.1) is 0 Å². The van der Waals surface area contributed by atoms with Gasteiger partial charge in [0.25, 0.3) is 0 Å². The van der Waals surface area contributed by atoms with Gasteiger partial charge in [-0.25, -0.2) is 4.99 Å². The highest BCUT2D eigenvalue weighted by molar-refractivity contribution is 5.95. The van der Waals surface area contributed by atoms with E-state index in [-0.39, 0.29) is 6.04 Å². The first-order valence-electron chi connectivity index (χ1n) is 11.8. The number of unbranched alkanes of at least 4 members (excludes halogenated alkanes) is 11. The van der Waals surface area contributed by atoms with Crippen LogP contribution in [0.25, 0.3) is 0 Å². The smallest absolute Gasteiger partial charge is 0.216 e. The first-order valence-corrected chi connectivity index (χ1v) is 11.8. The summed E-state index contributed by atoms with van der Waals surface area (Å²) in [5, 5.41) is 20.7. The van der Waals surface area contributed by atoms with E-state index in [1.807, 2.05) is 30.3 Å². The summed E-state index contributed by atoms with van der Waals surface area (Å²) in [5.41, 5.74) is 0.914. The fourth-order valence-corrected chi connectivity index (χ4v) is 3.92. The second-order valence-corrected chi connectivity index (χ2v) is 8.41. The van der Waals surface area contributed by atoms with E-state index >= 15 is 0 Å². The van der Waals surface area contributed by atoms with Gasteiger partial charge in [-0.05, 0) is 18.6 Å². The number of ether oxygens (including phenoxy) is 1. The Morgan fingerprint density at radius 2 is 1.41 bits per heavy atom. The molecule has 0 saturated heterocycles. The van der Waals surface area contributed by atoms with Gasteiger partial charge < -0.3 is 14.9 Å². The topological polar surface area (TPSA) is 62.0 Å². The molecule has 0 bridgehead atoms. The molecule has 0 aliphatic carbocycles. The Morgan fingerprint density at radius 1 is 0.862 bits per heavy atom. The molecule has 1 aliphatic heterocycles. The molecule has 0 spiro atoms. The van der Waals surface area contributed by atoms with Crippen LogP contribution in [0.2, 0.25) is 0 Å². The molecule has 0 amide bonds.